The van der Waals surface area contributed by atoms with Gasteiger partial charge in [-0.1, -0.05) is 0 Å². The highest BCUT2D eigenvalue weighted by Gasteiger charge is 2.10. The molecule has 0 bridgehead atoms. The molecular weight excluding hydrogens is 176 g/mol. The third-order valence-corrected chi connectivity index (χ3v) is 2.89. The third-order valence-electron chi connectivity index (χ3n) is 2.89. The van der Waals surface area contributed by atoms with E-state index in [2.05, 4.69) is 16.0 Å². The average molecular weight is 194 g/mol. The Balaban J connectivity index is 1.79. The second-order valence-electron chi connectivity index (χ2n) is 3.99. The van der Waals surface area contributed by atoms with E-state index in [1.165, 1.54) is 31.5 Å². The lowest BCUT2D eigenvalue weighted by molar-refractivity contribution is 0.277. The molecule has 3 nitrogen and oxygen atoms in total. The van der Waals surface area contributed by atoms with Gasteiger partial charge in [0.15, 0.2) is 0 Å². The van der Waals surface area contributed by atoms with Crippen LogP contribution in [0.25, 0.3) is 0 Å². The second kappa shape index (κ2) is 4.62. The largest absolute Gasteiger partial charge is 0.390 e. The Hall–Kier alpha value is -0.800. The monoisotopic (exact) mass is 194 g/mol. The van der Waals surface area contributed by atoms with E-state index in [0.29, 0.717) is 0 Å². The van der Waals surface area contributed by atoms with Gasteiger partial charge in [-0.05, 0) is 44.0 Å². The van der Waals surface area contributed by atoms with Gasteiger partial charge in [0.2, 0.25) is 0 Å². The van der Waals surface area contributed by atoms with E-state index in [1.807, 2.05) is 6.20 Å². The maximum absolute atomic E-state index is 8.89. The van der Waals surface area contributed by atoms with Gasteiger partial charge in [0, 0.05) is 18.4 Å². The second-order valence-corrected chi connectivity index (χ2v) is 3.99. The molecule has 78 valence electrons. The van der Waals surface area contributed by atoms with Gasteiger partial charge in [0.1, 0.15) is 0 Å². The number of H-pyrrole nitrogens is 1. The number of aromatic amines is 1. The molecular formula is C11H18N2O. The highest BCUT2D eigenvalue weighted by Crippen LogP contribution is 2.10. The zero-order valence-electron chi connectivity index (χ0n) is 8.50. The number of aromatic nitrogens is 1. The van der Waals surface area contributed by atoms with Gasteiger partial charge in [-0.15, -0.1) is 0 Å². The fraction of sp³-hybridized carbons (Fsp3) is 0.636. The van der Waals surface area contributed by atoms with Crippen LogP contribution in [0.4, 0.5) is 0 Å². The molecule has 0 aromatic carbocycles. The van der Waals surface area contributed by atoms with Gasteiger partial charge in [0.05, 0.1) is 6.61 Å². The molecule has 1 aromatic heterocycles. The Bertz CT molecular complexity index is 277. The SMILES string of the molecule is OCc1cc(CCN2CCCC2)c[nH]1. The number of nitrogens with one attached hydrogen (secondary N) is 1. The lowest BCUT2D eigenvalue weighted by atomic mass is 10.2. The van der Waals surface area contributed by atoms with Crippen molar-refractivity contribution in [1.29, 1.82) is 0 Å². The fourth-order valence-electron chi connectivity index (χ4n) is 2.02. The maximum atomic E-state index is 8.89. The molecule has 2 rings (SSSR count). The van der Waals surface area contributed by atoms with Crippen LogP contribution >= 0.6 is 0 Å². The molecule has 1 aliphatic rings. The normalized spacial score (nSPS) is 17.8. The van der Waals surface area contributed by atoms with Crippen molar-refractivity contribution < 1.29 is 5.11 Å². The minimum absolute atomic E-state index is 0.115. The number of aliphatic hydroxyl groups is 1. The van der Waals surface area contributed by atoms with Gasteiger partial charge in [-0.2, -0.15) is 0 Å². The Morgan fingerprint density at radius 2 is 2.14 bits per heavy atom. The van der Waals surface area contributed by atoms with Crippen molar-refractivity contribution in [3.63, 3.8) is 0 Å². The van der Waals surface area contributed by atoms with Gasteiger partial charge in [0.25, 0.3) is 0 Å². The Kier molecular flexibility index (Phi) is 3.22. The number of aliphatic hydroxyl groups excluding tert-OH is 1. The molecule has 3 heteroatoms. The number of likely N-dealkylation sites (tertiary alicyclic amines) is 1. The van der Waals surface area contributed by atoms with Crippen LogP contribution in [0.5, 0.6) is 0 Å². The molecule has 14 heavy (non-hydrogen) atoms. The molecule has 0 saturated carbocycles. The van der Waals surface area contributed by atoms with E-state index in [4.69, 9.17) is 5.11 Å². The molecule has 2 N–H and O–H groups in total. The van der Waals surface area contributed by atoms with Crippen LogP contribution in [0.2, 0.25) is 0 Å². The zero-order chi connectivity index (χ0) is 9.80. The summed E-state index contributed by atoms with van der Waals surface area (Å²) in [5.41, 5.74) is 2.22. The van der Waals surface area contributed by atoms with E-state index in [-0.39, 0.29) is 6.61 Å². The first kappa shape index (κ1) is 9.74. The first-order valence-corrected chi connectivity index (χ1v) is 5.38. The van der Waals surface area contributed by atoms with Crippen LogP contribution < -0.4 is 0 Å². The van der Waals surface area contributed by atoms with E-state index >= 15 is 0 Å². The summed E-state index contributed by atoms with van der Waals surface area (Å²) < 4.78 is 0. The third kappa shape index (κ3) is 2.36. The maximum Gasteiger partial charge on any atom is 0.0830 e. The quantitative estimate of drug-likeness (QED) is 0.754. The van der Waals surface area contributed by atoms with E-state index in [9.17, 15) is 0 Å². The smallest absolute Gasteiger partial charge is 0.0830 e. The van der Waals surface area contributed by atoms with E-state index < -0.39 is 0 Å². The van der Waals surface area contributed by atoms with Crippen molar-refractivity contribution in [1.82, 2.24) is 9.88 Å². The predicted molar refractivity (Wildman–Crippen MR) is 56.1 cm³/mol. The highest BCUT2D eigenvalue weighted by molar-refractivity contribution is 5.16. The molecule has 0 unspecified atom stereocenters. The fourth-order valence-corrected chi connectivity index (χ4v) is 2.02. The minimum atomic E-state index is 0.115. The Morgan fingerprint density at radius 1 is 1.36 bits per heavy atom. The van der Waals surface area contributed by atoms with Crippen LogP contribution in [-0.2, 0) is 13.0 Å². The van der Waals surface area contributed by atoms with Crippen LogP contribution in [0.15, 0.2) is 12.3 Å². The summed E-state index contributed by atoms with van der Waals surface area (Å²) >= 11 is 0. The number of rotatable bonds is 4. The molecule has 1 fully saturated rings. The number of hydrogen-bond donors (Lipinski definition) is 2. The first-order valence-electron chi connectivity index (χ1n) is 5.38. The molecule has 1 aromatic rings. The highest BCUT2D eigenvalue weighted by atomic mass is 16.3. The summed E-state index contributed by atoms with van der Waals surface area (Å²) in [7, 11) is 0. The van der Waals surface area contributed by atoms with Crippen molar-refractivity contribution in [2.75, 3.05) is 19.6 Å². The van der Waals surface area contributed by atoms with Crippen molar-refractivity contribution in [2.24, 2.45) is 0 Å². The summed E-state index contributed by atoms with van der Waals surface area (Å²) in [5.74, 6) is 0. The summed E-state index contributed by atoms with van der Waals surface area (Å²) in [4.78, 5) is 5.57. The first-order chi connectivity index (χ1) is 6.88. The van der Waals surface area contributed by atoms with Gasteiger partial charge in [-0.25, -0.2) is 0 Å². The molecule has 0 radical (unpaired) electrons. The number of nitrogens with zero attached hydrogens (tertiary/aromatic N) is 1. The van der Waals surface area contributed by atoms with Crippen LogP contribution in [0.3, 0.4) is 0 Å². The summed E-state index contributed by atoms with van der Waals surface area (Å²) in [6.45, 7) is 3.79. The van der Waals surface area contributed by atoms with E-state index in [0.717, 1.165) is 18.7 Å². The molecule has 0 aliphatic carbocycles. The minimum Gasteiger partial charge on any atom is -0.390 e. The van der Waals surface area contributed by atoms with Crippen molar-refractivity contribution in [3.05, 3.63) is 23.5 Å². The van der Waals surface area contributed by atoms with Crippen molar-refractivity contribution in [2.45, 2.75) is 25.9 Å². The lowest BCUT2D eigenvalue weighted by Gasteiger charge is -2.12. The lowest BCUT2D eigenvalue weighted by Crippen LogP contribution is -2.21. The van der Waals surface area contributed by atoms with Crippen molar-refractivity contribution >= 4 is 0 Å². The van der Waals surface area contributed by atoms with Gasteiger partial charge >= 0.3 is 0 Å². The topological polar surface area (TPSA) is 39.3 Å². The molecule has 1 aliphatic heterocycles. The number of hydrogen-bond acceptors (Lipinski definition) is 2. The van der Waals surface area contributed by atoms with Crippen LogP contribution in [0.1, 0.15) is 24.1 Å². The predicted octanol–water partition coefficient (Wildman–Crippen LogP) is 1.15. The standard InChI is InChI=1S/C11H18N2O/c14-9-11-7-10(8-12-11)3-6-13-4-1-2-5-13/h7-8,12,14H,1-6,9H2. The summed E-state index contributed by atoms with van der Waals surface area (Å²) in [5, 5.41) is 8.89. The molecule has 0 atom stereocenters. The van der Waals surface area contributed by atoms with Crippen molar-refractivity contribution in [3.8, 4) is 0 Å². The summed E-state index contributed by atoms with van der Waals surface area (Å²) in [6.07, 6.45) is 5.81. The average Bonchev–Trinajstić information content (AvgIpc) is 2.86. The van der Waals surface area contributed by atoms with Crippen LogP contribution in [0, 0.1) is 0 Å². The zero-order valence-corrected chi connectivity index (χ0v) is 8.50. The Morgan fingerprint density at radius 3 is 2.79 bits per heavy atom. The molecule has 2 heterocycles. The van der Waals surface area contributed by atoms with E-state index in [1.54, 1.807) is 0 Å². The summed E-state index contributed by atoms with van der Waals surface area (Å²) in [6, 6.07) is 2.05. The molecule has 0 spiro atoms. The molecule has 1 saturated heterocycles. The van der Waals surface area contributed by atoms with Gasteiger partial charge < -0.3 is 15.0 Å². The van der Waals surface area contributed by atoms with Crippen LogP contribution in [-0.4, -0.2) is 34.6 Å². The Labute approximate surface area is 84.7 Å². The molecule has 0 amide bonds. The van der Waals surface area contributed by atoms with Gasteiger partial charge in [-0.3, -0.25) is 0 Å².